The Balaban J connectivity index is 1.37. The van der Waals surface area contributed by atoms with Crippen LogP contribution in [0.15, 0.2) is 48.2 Å². The average molecular weight is 486 g/mol. The molecular weight excluding hydrogens is 460 g/mol. The number of fused-ring (bicyclic) bond motifs is 2. The molecule has 0 spiro atoms. The molecule has 6 nitrogen and oxygen atoms in total. The minimum Gasteiger partial charge on any atom is -0.396 e. The standard InChI is InChI=1S/C25H25F2N3O3S/c1-14-3-4-19-23(33-25(26,27)32-19)22(14)18-13-29-24-17(18)11-16(12-28-24)21-6-5-20(34-21)15(2)30-7-9-31-10-8-30/h4-6,11-15H,3,7-10H2,1-2H3,(H,28,29). The van der Waals surface area contributed by atoms with Gasteiger partial charge in [-0.2, -0.15) is 0 Å². The van der Waals surface area contributed by atoms with Crippen LogP contribution in [0.1, 0.15) is 36.8 Å². The van der Waals surface area contributed by atoms with Crippen molar-refractivity contribution in [3.63, 3.8) is 0 Å². The van der Waals surface area contributed by atoms with Gasteiger partial charge in [0, 0.05) is 63.4 Å². The predicted octanol–water partition coefficient (Wildman–Crippen LogP) is 5.92. The highest BCUT2D eigenvalue weighted by Gasteiger charge is 2.48. The number of ether oxygens (including phenoxy) is 3. The first kappa shape index (κ1) is 21.8. The number of alkyl halides is 2. The molecule has 0 saturated carbocycles. The monoisotopic (exact) mass is 485 g/mol. The van der Waals surface area contributed by atoms with Gasteiger partial charge in [-0.3, -0.25) is 4.90 Å². The molecule has 2 fully saturated rings. The molecule has 6 rings (SSSR count). The van der Waals surface area contributed by atoms with Crippen LogP contribution in [0.25, 0.3) is 27.0 Å². The van der Waals surface area contributed by atoms with E-state index in [1.807, 2.05) is 19.3 Å². The summed E-state index contributed by atoms with van der Waals surface area (Å²) in [5.74, 6) is 0.228. The number of thiophene rings is 1. The molecule has 0 amide bonds. The highest BCUT2D eigenvalue weighted by molar-refractivity contribution is 7.15. The van der Waals surface area contributed by atoms with Crippen LogP contribution in [-0.4, -0.2) is 47.5 Å². The van der Waals surface area contributed by atoms with Crippen LogP contribution in [0.5, 0.6) is 0 Å². The number of nitrogens with one attached hydrogen (secondary N) is 1. The fourth-order valence-electron chi connectivity index (χ4n) is 4.94. The van der Waals surface area contributed by atoms with Gasteiger partial charge in [-0.15, -0.1) is 20.1 Å². The molecule has 1 N–H and O–H groups in total. The van der Waals surface area contributed by atoms with E-state index in [-0.39, 0.29) is 17.4 Å². The molecule has 2 aliphatic heterocycles. The van der Waals surface area contributed by atoms with E-state index in [4.69, 9.17) is 14.2 Å². The summed E-state index contributed by atoms with van der Waals surface area (Å²) in [7, 11) is 0. The van der Waals surface area contributed by atoms with E-state index in [9.17, 15) is 8.78 Å². The number of aromatic amines is 1. The van der Waals surface area contributed by atoms with Crippen LogP contribution in [-0.2, 0) is 14.2 Å². The normalized spacial score (nSPS) is 23.4. The third-order valence-electron chi connectivity index (χ3n) is 6.81. The van der Waals surface area contributed by atoms with Crippen molar-refractivity contribution in [3.8, 4) is 10.4 Å². The van der Waals surface area contributed by atoms with Gasteiger partial charge in [0.25, 0.3) is 0 Å². The van der Waals surface area contributed by atoms with Crippen molar-refractivity contribution < 1.29 is 23.0 Å². The smallest absolute Gasteiger partial charge is 0.396 e. The van der Waals surface area contributed by atoms with E-state index < -0.39 is 6.29 Å². The number of halogens is 2. The number of hydrogen-bond acceptors (Lipinski definition) is 6. The summed E-state index contributed by atoms with van der Waals surface area (Å²) in [4.78, 5) is 12.7. The molecular formula is C25H25F2N3O3S. The Bertz CT molecular complexity index is 1310. The SMILES string of the molecule is CC1CC=C2OC(F)(F)OC2=C1c1c[nH]c2ncc(-c3ccc(C(C)N4CCOCC4)s3)cc12. The summed E-state index contributed by atoms with van der Waals surface area (Å²) in [6.45, 7) is 7.65. The molecule has 0 aromatic carbocycles. The fourth-order valence-corrected chi connectivity index (χ4v) is 6.01. The summed E-state index contributed by atoms with van der Waals surface area (Å²) >= 11 is 1.76. The largest absolute Gasteiger partial charge is 0.586 e. The maximum absolute atomic E-state index is 13.8. The first-order chi connectivity index (χ1) is 16.4. The maximum Gasteiger partial charge on any atom is 0.586 e. The fraction of sp³-hybridized carbons (Fsp3) is 0.400. The third kappa shape index (κ3) is 3.72. The minimum atomic E-state index is -3.64. The lowest BCUT2D eigenvalue weighted by atomic mass is 9.86. The second-order valence-corrected chi connectivity index (χ2v) is 10.1. The van der Waals surface area contributed by atoms with Gasteiger partial charge >= 0.3 is 6.29 Å². The number of nitrogens with zero attached hydrogens (tertiary/aromatic N) is 2. The molecule has 2 atom stereocenters. The van der Waals surface area contributed by atoms with Gasteiger partial charge in [0.2, 0.25) is 0 Å². The van der Waals surface area contributed by atoms with Gasteiger partial charge in [0.15, 0.2) is 11.5 Å². The molecule has 2 unspecified atom stereocenters. The predicted molar refractivity (Wildman–Crippen MR) is 126 cm³/mol. The van der Waals surface area contributed by atoms with Crippen LogP contribution < -0.4 is 0 Å². The van der Waals surface area contributed by atoms with Crippen molar-refractivity contribution >= 4 is 27.9 Å². The van der Waals surface area contributed by atoms with Crippen molar-refractivity contribution in [2.24, 2.45) is 5.92 Å². The minimum absolute atomic E-state index is 0.00150. The van der Waals surface area contributed by atoms with Crippen molar-refractivity contribution in [3.05, 3.63) is 58.6 Å². The third-order valence-corrected chi connectivity index (χ3v) is 8.11. The molecule has 9 heteroatoms. The lowest BCUT2D eigenvalue weighted by molar-refractivity contribution is -0.326. The molecule has 178 valence electrons. The van der Waals surface area contributed by atoms with E-state index in [2.05, 4.69) is 40.0 Å². The first-order valence-corrected chi connectivity index (χ1v) is 12.3. The van der Waals surface area contributed by atoms with E-state index in [1.54, 1.807) is 17.4 Å². The van der Waals surface area contributed by atoms with Gasteiger partial charge in [-0.05, 0) is 43.5 Å². The van der Waals surface area contributed by atoms with E-state index in [1.165, 1.54) is 4.88 Å². The zero-order chi connectivity index (χ0) is 23.4. The Morgan fingerprint density at radius 1 is 1.24 bits per heavy atom. The highest BCUT2D eigenvalue weighted by Crippen LogP contribution is 2.47. The lowest BCUT2D eigenvalue weighted by Crippen LogP contribution is -2.37. The van der Waals surface area contributed by atoms with E-state index >= 15 is 0 Å². The maximum atomic E-state index is 13.8. The Morgan fingerprint density at radius 3 is 2.88 bits per heavy atom. The van der Waals surface area contributed by atoms with Crippen molar-refractivity contribution in [1.82, 2.24) is 14.9 Å². The van der Waals surface area contributed by atoms with Gasteiger partial charge in [0.1, 0.15) is 5.65 Å². The van der Waals surface area contributed by atoms with Crippen molar-refractivity contribution in [1.29, 1.82) is 0 Å². The van der Waals surface area contributed by atoms with Crippen LogP contribution in [0.3, 0.4) is 0 Å². The molecule has 5 heterocycles. The molecule has 3 aromatic heterocycles. The number of pyridine rings is 1. The topological polar surface area (TPSA) is 59.6 Å². The summed E-state index contributed by atoms with van der Waals surface area (Å²) in [6.07, 6.45) is 2.31. The summed E-state index contributed by atoms with van der Waals surface area (Å²) in [5.41, 5.74) is 3.24. The molecule has 3 aliphatic rings. The molecule has 0 radical (unpaired) electrons. The first-order valence-electron chi connectivity index (χ1n) is 11.5. The van der Waals surface area contributed by atoms with Gasteiger partial charge < -0.3 is 19.2 Å². The molecule has 0 bridgehead atoms. The van der Waals surface area contributed by atoms with E-state index in [0.717, 1.165) is 47.7 Å². The number of hydrogen-bond donors (Lipinski definition) is 1. The quantitative estimate of drug-likeness (QED) is 0.497. The molecule has 3 aromatic rings. The number of allylic oxidation sites excluding steroid dienone is 2. The van der Waals surface area contributed by atoms with Crippen molar-refractivity contribution in [2.75, 3.05) is 26.3 Å². The Labute approximate surface area is 199 Å². The van der Waals surface area contributed by atoms with Crippen LogP contribution in [0.4, 0.5) is 8.78 Å². The van der Waals surface area contributed by atoms with E-state index in [0.29, 0.717) is 23.7 Å². The summed E-state index contributed by atoms with van der Waals surface area (Å²) < 4.78 is 42.8. The zero-order valence-electron chi connectivity index (χ0n) is 18.9. The number of rotatable bonds is 4. The van der Waals surface area contributed by atoms with Gasteiger partial charge in [0.05, 0.1) is 13.2 Å². The van der Waals surface area contributed by atoms with Crippen LogP contribution in [0.2, 0.25) is 0 Å². The molecule has 1 aliphatic carbocycles. The Kier molecular flexibility index (Phi) is 5.24. The summed E-state index contributed by atoms with van der Waals surface area (Å²) in [6, 6.07) is 6.71. The molecule has 2 saturated heterocycles. The molecule has 34 heavy (non-hydrogen) atoms. The number of H-pyrrole nitrogens is 1. The second-order valence-electron chi connectivity index (χ2n) is 8.96. The highest BCUT2D eigenvalue weighted by atomic mass is 32.1. The van der Waals surface area contributed by atoms with Crippen LogP contribution in [0, 0.1) is 5.92 Å². The van der Waals surface area contributed by atoms with Gasteiger partial charge in [-0.25, -0.2) is 4.98 Å². The Hall–Kier alpha value is -2.75. The Morgan fingerprint density at radius 2 is 2.06 bits per heavy atom. The van der Waals surface area contributed by atoms with Crippen LogP contribution >= 0.6 is 11.3 Å². The number of aromatic nitrogens is 2. The number of morpholine rings is 1. The zero-order valence-corrected chi connectivity index (χ0v) is 19.8. The summed E-state index contributed by atoms with van der Waals surface area (Å²) in [5, 5.41) is 0.878. The second kappa shape index (κ2) is 8.18. The average Bonchev–Trinajstić information content (AvgIpc) is 3.55. The lowest BCUT2D eigenvalue weighted by Gasteiger charge is -2.31. The van der Waals surface area contributed by atoms with Gasteiger partial charge in [-0.1, -0.05) is 6.92 Å². The van der Waals surface area contributed by atoms with Crippen molar-refractivity contribution in [2.45, 2.75) is 32.6 Å².